The summed E-state index contributed by atoms with van der Waals surface area (Å²) in [4.78, 5) is 0. The molecule has 76 valence electrons. The first-order chi connectivity index (χ1) is 6.06. The summed E-state index contributed by atoms with van der Waals surface area (Å²) in [6, 6.07) is 0. The van der Waals surface area contributed by atoms with Gasteiger partial charge in [-0.25, -0.2) is 0 Å². The summed E-state index contributed by atoms with van der Waals surface area (Å²) in [6.07, 6.45) is 7.22. The second-order valence-electron chi connectivity index (χ2n) is 5.78. The van der Waals surface area contributed by atoms with Gasteiger partial charge in [-0.2, -0.15) is 0 Å². The maximum Gasteiger partial charge on any atom is 0.0181 e. The van der Waals surface area contributed by atoms with Gasteiger partial charge in [-0.05, 0) is 51.0 Å². The molecule has 1 saturated carbocycles. The molecule has 0 amide bonds. The molecule has 1 heteroatoms. The maximum atomic E-state index is 3.68. The van der Waals surface area contributed by atoms with Crippen molar-refractivity contribution in [3.63, 3.8) is 0 Å². The predicted octanol–water partition coefficient (Wildman–Crippen LogP) is 2.95. The molecule has 0 aromatic heterocycles. The normalized spacial score (nSPS) is 44.1. The number of nitrogens with one attached hydrogen (secondary N) is 1. The monoisotopic (exact) mass is 181 g/mol. The van der Waals surface area contributed by atoms with Gasteiger partial charge in [0.25, 0.3) is 0 Å². The summed E-state index contributed by atoms with van der Waals surface area (Å²) in [5, 5.41) is 3.68. The van der Waals surface area contributed by atoms with E-state index in [9.17, 15) is 0 Å². The van der Waals surface area contributed by atoms with Gasteiger partial charge in [0, 0.05) is 5.54 Å². The molecule has 0 aromatic carbocycles. The van der Waals surface area contributed by atoms with Crippen molar-refractivity contribution >= 4 is 0 Å². The summed E-state index contributed by atoms with van der Waals surface area (Å²) in [7, 11) is 0. The first-order valence-electron chi connectivity index (χ1n) is 5.81. The Bertz CT molecular complexity index is 197. The highest BCUT2D eigenvalue weighted by Gasteiger charge is 2.49. The molecule has 2 atom stereocenters. The lowest BCUT2D eigenvalue weighted by molar-refractivity contribution is 0.0804. The fourth-order valence-electron chi connectivity index (χ4n) is 3.57. The molecule has 1 spiro atoms. The van der Waals surface area contributed by atoms with Crippen LogP contribution in [0.25, 0.3) is 0 Å². The highest BCUT2D eigenvalue weighted by Crippen LogP contribution is 2.51. The first kappa shape index (κ1) is 9.51. The van der Waals surface area contributed by atoms with Gasteiger partial charge in [0.05, 0.1) is 0 Å². The summed E-state index contributed by atoms with van der Waals surface area (Å²) in [5.41, 5.74) is 1.02. The van der Waals surface area contributed by atoms with E-state index in [0.717, 1.165) is 5.92 Å². The molecule has 2 unspecified atom stereocenters. The van der Waals surface area contributed by atoms with Crippen LogP contribution >= 0.6 is 0 Å². The van der Waals surface area contributed by atoms with Gasteiger partial charge in [0.1, 0.15) is 0 Å². The summed E-state index contributed by atoms with van der Waals surface area (Å²) < 4.78 is 0. The standard InChI is InChI=1S/C12H23N/c1-10-5-4-6-12(9-10)7-8-13-11(12,2)3/h10,13H,4-9H2,1-3H3. The molecular weight excluding hydrogens is 158 g/mol. The van der Waals surface area contributed by atoms with Gasteiger partial charge in [0.2, 0.25) is 0 Å². The lowest BCUT2D eigenvalue weighted by atomic mass is 9.61. The van der Waals surface area contributed by atoms with Crippen molar-refractivity contribution in [2.75, 3.05) is 6.54 Å². The number of rotatable bonds is 0. The van der Waals surface area contributed by atoms with Gasteiger partial charge in [-0.3, -0.25) is 0 Å². The van der Waals surface area contributed by atoms with Gasteiger partial charge in [0.15, 0.2) is 0 Å². The van der Waals surface area contributed by atoms with Crippen LogP contribution in [0.1, 0.15) is 52.9 Å². The molecule has 1 saturated heterocycles. The largest absolute Gasteiger partial charge is 0.311 e. The fourth-order valence-corrected chi connectivity index (χ4v) is 3.57. The smallest absolute Gasteiger partial charge is 0.0181 e. The van der Waals surface area contributed by atoms with Crippen molar-refractivity contribution in [1.82, 2.24) is 5.32 Å². The molecule has 13 heavy (non-hydrogen) atoms. The zero-order valence-electron chi connectivity index (χ0n) is 9.32. The van der Waals surface area contributed by atoms with E-state index < -0.39 is 0 Å². The van der Waals surface area contributed by atoms with Crippen LogP contribution in [-0.4, -0.2) is 12.1 Å². The zero-order chi connectivity index (χ0) is 9.53. The SMILES string of the molecule is CC1CCCC2(CCNC2(C)C)C1. The van der Waals surface area contributed by atoms with Crippen LogP contribution in [0.2, 0.25) is 0 Å². The topological polar surface area (TPSA) is 12.0 Å². The van der Waals surface area contributed by atoms with Crippen LogP contribution in [0.3, 0.4) is 0 Å². The third-order valence-electron chi connectivity index (χ3n) is 4.59. The van der Waals surface area contributed by atoms with Crippen LogP contribution < -0.4 is 5.32 Å². The van der Waals surface area contributed by atoms with Crippen molar-refractivity contribution in [3.05, 3.63) is 0 Å². The van der Waals surface area contributed by atoms with Crippen molar-refractivity contribution in [2.45, 2.75) is 58.4 Å². The van der Waals surface area contributed by atoms with Gasteiger partial charge in [-0.1, -0.05) is 19.8 Å². The summed E-state index contributed by atoms with van der Waals surface area (Å²) >= 11 is 0. The van der Waals surface area contributed by atoms with E-state index in [1.807, 2.05) is 0 Å². The van der Waals surface area contributed by atoms with E-state index in [1.54, 1.807) is 0 Å². The van der Waals surface area contributed by atoms with Crippen molar-refractivity contribution < 1.29 is 0 Å². The molecule has 1 aliphatic carbocycles. The van der Waals surface area contributed by atoms with E-state index in [-0.39, 0.29) is 0 Å². The van der Waals surface area contributed by atoms with E-state index >= 15 is 0 Å². The molecule has 1 aliphatic heterocycles. The Hall–Kier alpha value is -0.0400. The fraction of sp³-hybridized carbons (Fsp3) is 1.00. The lowest BCUT2D eigenvalue weighted by Gasteiger charge is -2.46. The summed E-state index contributed by atoms with van der Waals surface area (Å²) in [6.45, 7) is 8.46. The highest BCUT2D eigenvalue weighted by molar-refractivity contribution is 5.05. The van der Waals surface area contributed by atoms with Gasteiger partial charge < -0.3 is 5.32 Å². The minimum absolute atomic E-state index is 0.391. The van der Waals surface area contributed by atoms with Gasteiger partial charge >= 0.3 is 0 Å². The minimum atomic E-state index is 0.391. The van der Waals surface area contributed by atoms with Crippen LogP contribution in [0.4, 0.5) is 0 Å². The first-order valence-corrected chi connectivity index (χ1v) is 5.81. The molecule has 2 fully saturated rings. The quantitative estimate of drug-likeness (QED) is 0.606. The third kappa shape index (κ3) is 1.41. The molecular formula is C12H23N. The van der Waals surface area contributed by atoms with Crippen LogP contribution in [-0.2, 0) is 0 Å². The molecule has 2 rings (SSSR count). The Morgan fingerprint density at radius 3 is 2.54 bits per heavy atom. The van der Waals surface area contributed by atoms with E-state index in [2.05, 4.69) is 26.1 Å². The average Bonchev–Trinajstić information content (AvgIpc) is 2.27. The van der Waals surface area contributed by atoms with Crippen LogP contribution in [0.5, 0.6) is 0 Å². The van der Waals surface area contributed by atoms with Gasteiger partial charge in [-0.15, -0.1) is 0 Å². The Morgan fingerprint density at radius 2 is 2.00 bits per heavy atom. The third-order valence-corrected chi connectivity index (χ3v) is 4.59. The Labute approximate surface area is 82.3 Å². The van der Waals surface area contributed by atoms with E-state index in [0.29, 0.717) is 11.0 Å². The molecule has 1 N–H and O–H groups in total. The van der Waals surface area contributed by atoms with Crippen LogP contribution in [0.15, 0.2) is 0 Å². The average molecular weight is 181 g/mol. The number of hydrogen-bond donors (Lipinski definition) is 1. The van der Waals surface area contributed by atoms with Crippen molar-refractivity contribution in [2.24, 2.45) is 11.3 Å². The predicted molar refractivity (Wildman–Crippen MR) is 56.8 cm³/mol. The number of hydrogen-bond acceptors (Lipinski definition) is 1. The summed E-state index contributed by atoms with van der Waals surface area (Å²) in [5.74, 6) is 0.952. The van der Waals surface area contributed by atoms with Crippen molar-refractivity contribution in [1.29, 1.82) is 0 Å². The molecule has 1 heterocycles. The molecule has 0 radical (unpaired) electrons. The molecule has 2 aliphatic rings. The highest BCUT2D eigenvalue weighted by atomic mass is 15.0. The lowest BCUT2D eigenvalue weighted by Crippen LogP contribution is -2.48. The second-order valence-corrected chi connectivity index (χ2v) is 5.78. The Morgan fingerprint density at radius 1 is 1.23 bits per heavy atom. The Balaban J connectivity index is 2.18. The van der Waals surface area contributed by atoms with E-state index in [4.69, 9.17) is 0 Å². The minimum Gasteiger partial charge on any atom is -0.311 e. The van der Waals surface area contributed by atoms with Crippen LogP contribution in [0, 0.1) is 11.3 Å². The molecule has 0 aromatic rings. The van der Waals surface area contributed by atoms with E-state index in [1.165, 1.54) is 38.6 Å². The van der Waals surface area contributed by atoms with Crippen molar-refractivity contribution in [3.8, 4) is 0 Å². The maximum absolute atomic E-state index is 3.68. The molecule has 1 nitrogen and oxygen atoms in total. The zero-order valence-corrected chi connectivity index (χ0v) is 9.32. The second kappa shape index (κ2) is 2.98. The molecule has 0 bridgehead atoms. The Kier molecular flexibility index (Phi) is 2.18.